The highest BCUT2D eigenvalue weighted by molar-refractivity contribution is 7.88. The summed E-state index contributed by atoms with van der Waals surface area (Å²) in [5, 5.41) is 4.02. The number of hydrogen-bond donors (Lipinski definition) is 3. The summed E-state index contributed by atoms with van der Waals surface area (Å²) in [7, 11) is -3.41. The van der Waals surface area contributed by atoms with Gasteiger partial charge in [0.25, 0.3) is 5.91 Å². The summed E-state index contributed by atoms with van der Waals surface area (Å²) in [4.78, 5) is 16.2. The van der Waals surface area contributed by atoms with Gasteiger partial charge in [-0.25, -0.2) is 13.1 Å². The molecule has 0 aliphatic heterocycles. The van der Waals surface area contributed by atoms with Crippen LogP contribution in [0.25, 0.3) is 10.9 Å². The van der Waals surface area contributed by atoms with Gasteiger partial charge in [0.15, 0.2) is 0 Å². The molecule has 0 radical (unpaired) electrons. The maximum atomic E-state index is 12.7. The molecule has 1 heterocycles. The average Bonchev–Trinajstić information content (AvgIpc) is 3.11. The molecule has 2 aromatic carbocycles. The van der Waals surface area contributed by atoms with E-state index in [9.17, 15) is 13.2 Å². The van der Waals surface area contributed by atoms with Crippen molar-refractivity contribution in [2.75, 3.05) is 11.9 Å². The van der Waals surface area contributed by atoms with Crippen LogP contribution in [0.4, 0.5) is 5.69 Å². The largest absolute Gasteiger partial charge is 0.358 e. The second kappa shape index (κ2) is 8.45. The average molecular weight is 424 g/mol. The standard InChI is InChI=1S/C23H25N3O3S/c1-2-13-24-30(28,29)15-16-7-10-18(11-8-16)25-23(27)17-9-12-22-20(14-17)19-5-3-4-6-21(19)26-22/h2,7-12,14,24,26H,1,3-6,13,15H2,(H,25,27). The number of amides is 1. The zero-order valence-electron chi connectivity index (χ0n) is 16.7. The van der Waals surface area contributed by atoms with Gasteiger partial charge in [0.05, 0.1) is 5.75 Å². The molecular formula is C23H25N3O3S. The molecule has 156 valence electrons. The Hall–Kier alpha value is -2.90. The number of sulfonamides is 1. The minimum atomic E-state index is -3.41. The summed E-state index contributed by atoms with van der Waals surface area (Å²) >= 11 is 0. The van der Waals surface area contributed by atoms with Crippen LogP contribution in [0.1, 0.15) is 40.0 Å². The van der Waals surface area contributed by atoms with Crippen molar-refractivity contribution in [2.45, 2.75) is 31.4 Å². The van der Waals surface area contributed by atoms with Crippen molar-refractivity contribution in [3.63, 3.8) is 0 Å². The van der Waals surface area contributed by atoms with Gasteiger partial charge in [-0.3, -0.25) is 4.79 Å². The molecule has 1 aliphatic rings. The SMILES string of the molecule is C=CCNS(=O)(=O)Cc1ccc(NC(=O)c2ccc3[nH]c4c(c3c2)CCCC4)cc1. The Labute approximate surface area is 176 Å². The molecule has 1 aromatic heterocycles. The van der Waals surface area contributed by atoms with Gasteiger partial charge in [0.1, 0.15) is 0 Å². The molecule has 0 atom stereocenters. The Morgan fingerprint density at radius 3 is 2.63 bits per heavy atom. The fourth-order valence-corrected chi connectivity index (χ4v) is 5.00. The molecular weight excluding hydrogens is 398 g/mol. The second-order valence-electron chi connectivity index (χ2n) is 7.60. The fourth-order valence-electron chi connectivity index (χ4n) is 3.89. The van der Waals surface area contributed by atoms with Crippen LogP contribution in [-0.4, -0.2) is 25.9 Å². The van der Waals surface area contributed by atoms with Gasteiger partial charge in [0.2, 0.25) is 10.0 Å². The van der Waals surface area contributed by atoms with Crippen molar-refractivity contribution in [2.24, 2.45) is 0 Å². The maximum Gasteiger partial charge on any atom is 0.255 e. The van der Waals surface area contributed by atoms with Gasteiger partial charge >= 0.3 is 0 Å². The molecule has 3 N–H and O–H groups in total. The zero-order chi connectivity index (χ0) is 21.1. The summed E-state index contributed by atoms with van der Waals surface area (Å²) in [6, 6.07) is 12.6. The first kappa shape index (κ1) is 20.4. The lowest BCUT2D eigenvalue weighted by Gasteiger charge is -2.11. The number of rotatable bonds is 7. The Morgan fingerprint density at radius 2 is 1.87 bits per heavy atom. The number of nitrogens with one attached hydrogen (secondary N) is 3. The molecule has 4 rings (SSSR count). The fraction of sp³-hybridized carbons (Fsp3) is 0.261. The summed E-state index contributed by atoms with van der Waals surface area (Å²) < 4.78 is 26.4. The Bertz CT molecular complexity index is 1190. The lowest BCUT2D eigenvalue weighted by molar-refractivity contribution is 0.102. The molecule has 7 heteroatoms. The third-order valence-corrected chi connectivity index (χ3v) is 6.70. The minimum Gasteiger partial charge on any atom is -0.358 e. The molecule has 0 spiro atoms. The summed E-state index contributed by atoms with van der Waals surface area (Å²) in [5.74, 6) is -0.305. The third-order valence-electron chi connectivity index (χ3n) is 5.38. The van der Waals surface area contributed by atoms with E-state index in [1.807, 2.05) is 18.2 Å². The minimum absolute atomic E-state index is 0.121. The smallest absolute Gasteiger partial charge is 0.255 e. The highest BCUT2D eigenvalue weighted by Gasteiger charge is 2.17. The first-order valence-corrected chi connectivity index (χ1v) is 11.7. The number of H-pyrrole nitrogens is 1. The van der Waals surface area contributed by atoms with Crippen LogP contribution in [0.3, 0.4) is 0 Å². The lowest BCUT2D eigenvalue weighted by Crippen LogP contribution is -2.25. The van der Waals surface area contributed by atoms with Crippen molar-refractivity contribution >= 4 is 32.5 Å². The van der Waals surface area contributed by atoms with Crippen LogP contribution in [0, 0.1) is 0 Å². The molecule has 0 saturated heterocycles. The summed E-state index contributed by atoms with van der Waals surface area (Å²) in [6.45, 7) is 3.70. The van der Waals surface area contributed by atoms with E-state index in [-0.39, 0.29) is 18.2 Å². The number of carbonyl (C=O) groups is 1. The van der Waals surface area contributed by atoms with E-state index in [2.05, 4.69) is 21.6 Å². The van der Waals surface area contributed by atoms with Gasteiger partial charge in [-0.1, -0.05) is 18.2 Å². The van der Waals surface area contributed by atoms with E-state index in [0.29, 0.717) is 16.8 Å². The number of benzene rings is 2. The number of anilines is 1. The van der Waals surface area contributed by atoms with Crippen LogP contribution in [0.2, 0.25) is 0 Å². The van der Waals surface area contributed by atoms with Crippen molar-refractivity contribution in [1.82, 2.24) is 9.71 Å². The first-order chi connectivity index (χ1) is 14.4. The van der Waals surface area contributed by atoms with Crippen molar-refractivity contribution < 1.29 is 13.2 Å². The first-order valence-electron chi connectivity index (χ1n) is 10.1. The lowest BCUT2D eigenvalue weighted by atomic mass is 9.95. The zero-order valence-corrected chi connectivity index (χ0v) is 17.5. The van der Waals surface area contributed by atoms with Crippen molar-refractivity contribution in [3.8, 4) is 0 Å². The molecule has 1 aliphatic carbocycles. The van der Waals surface area contributed by atoms with E-state index in [1.54, 1.807) is 24.3 Å². The molecule has 0 bridgehead atoms. The third kappa shape index (κ3) is 4.47. The predicted octanol–water partition coefficient (Wildman–Crippen LogP) is 3.90. The summed E-state index contributed by atoms with van der Waals surface area (Å²) in [5.41, 5.74) is 5.58. The highest BCUT2D eigenvalue weighted by atomic mass is 32.2. The Morgan fingerprint density at radius 1 is 1.10 bits per heavy atom. The maximum absolute atomic E-state index is 12.7. The van der Waals surface area contributed by atoms with Crippen LogP contribution in [-0.2, 0) is 28.6 Å². The van der Waals surface area contributed by atoms with Gasteiger partial charge in [-0.15, -0.1) is 6.58 Å². The normalized spacial score (nSPS) is 13.7. The van der Waals surface area contributed by atoms with Crippen LogP contribution in [0.15, 0.2) is 55.1 Å². The second-order valence-corrected chi connectivity index (χ2v) is 9.40. The Kier molecular flexibility index (Phi) is 5.74. The topological polar surface area (TPSA) is 91.1 Å². The number of carbonyl (C=O) groups excluding carboxylic acids is 1. The van der Waals surface area contributed by atoms with E-state index < -0.39 is 10.0 Å². The summed E-state index contributed by atoms with van der Waals surface area (Å²) in [6.07, 6.45) is 6.00. The number of aromatic nitrogens is 1. The van der Waals surface area contributed by atoms with Crippen LogP contribution in [0.5, 0.6) is 0 Å². The molecule has 0 saturated carbocycles. The molecule has 0 fully saturated rings. The molecule has 1 amide bonds. The highest BCUT2D eigenvalue weighted by Crippen LogP contribution is 2.30. The van der Waals surface area contributed by atoms with Crippen molar-refractivity contribution in [3.05, 3.63) is 77.5 Å². The van der Waals surface area contributed by atoms with Crippen LogP contribution >= 0.6 is 0 Å². The number of hydrogen-bond acceptors (Lipinski definition) is 3. The molecule has 30 heavy (non-hydrogen) atoms. The molecule has 0 unspecified atom stereocenters. The van der Waals surface area contributed by atoms with Gasteiger partial charge < -0.3 is 10.3 Å². The van der Waals surface area contributed by atoms with Crippen LogP contribution < -0.4 is 10.0 Å². The van der Waals surface area contributed by atoms with Gasteiger partial charge in [0, 0.05) is 34.4 Å². The number of aromatic amines is 1. The Balaban J connectivity index is 1.46. The molecule has 6 nitrogen and oxygen atoms in total. The number of aryl methyl sites for hydroxylation is 2. The van der Waals surface area contributed by atoms with Crippen molar-refractivity contribution in [1.29, 1.82) is 0 Å². The van der Waals surface area contributed by atoms with E-state index in [1.165, 1.54) is 30.2 Å². The van der Waals surface area contributed by atoms with E-state index in [0.717, 1.165) is 23.7 Å². The predicted molar refractivity (Wildman–Crippen MR) is 120 cm³/mol. The van der Waals surface area contributed by atoms with Gasteiger partial charge in [-0.2, -0.15) is 0 Å². The van der Waals surface area contributed by atoms with E-state index >= 15 is 0 Å². The monoisotopic (exact) mass is 423 g/mol. The quantitative estimate of drug-likeness (QED) is 0.503. The number of fused-ring (bicyclic) bond motifs is 3. The van der Waals surface area contributed by atoms with E-state index in [4.69, 9.17) is 0 Å². The van der Waals surface area contributed by atoms with Gasteiger partial charge in [-0.05, 0) is 67.1 Å². The molecule has 3 aromatic rings.